The quantitative estimate of drug-likeness (QED) is 0.0814. The standard InChI is InChI=1S/C36H51N2Se/c1-3-4-5-6-7-8-9-10-11-12-13-14-15-16-17-22-29-38-32(28-27-31-23-18-19-24-33(31)38)30-36-37(2)34-25-20-21-26-35(34)39-36/h18-21,23-28,30H,3-17,22,29H2,1-2H3/q+1. The van der Waals surface area contributed by atoms with Crippen LogP contribution in [0.2, 0.25) is 0 Å². The van der Waals surface area contributed by atoms with E-state index in [2.05, 4.69) is 90.2 Å². The van der Waals surface area contributed by atoms with Crippen LogP contribution in [0.3, 0.4) is 0 Å². The van der Waals surface area contributed by atoms with Gasteiger partial charge in [0, 0.05) is 0 Å². The first-order valence-corrected chi connectivity index (χ1v) is 17.6. The Labute approximate surface area is 245 Å². The van der Waals surface area contributed by atoms with Crippen molar-refractivity contribution in [2.75, 3.05) is 11.9 Å². The molecule has 1 aliphatic rings. The summed E-state index contributed by atoms with van der Waals surface area (Å²) in [6.07, 6.45) is 25.1. The molecule has 4 rings (SSSR count). The number of unbranched alkanes of at least 4 members (excludes halogenated alkanes) is 15. The molecule has 0 saturated carbocycles. The Bertz CT molecular complexity index is 1170. The fourth-order valence-corrected chi connectivity index (χ4v) is 8.15. The van der Waals surface area contributed by atoms with Gasteiger partial charge in [-0.1, -0.05) is 64.7 Å². The topological polar surface area (TPSA) is 7.12 Å². The molecular weight excluding hydrogens is 539 g/mol. The summed E-state index contributed by atoms with van der Waals surface area (Å²) in [5.41, 5.74) is 4.07. The Hall–Kier alpha value is -2.09. The predicted molar refractivity (Wildman–Crippen MR) is 172 cm³/mol. The van der Waals surface area contributed by atoms with Crippen LogP contribution in [0.5, 0.6) is 0 Å². The number of hydrogen-bond acceptors (Lipinski definition) is 1. The molecule has 3 heteroatoms. The number of nitrogens with zero attached hydrogens (tertiary/aromatic N) is 2. The summed E-state index contributed by atoms with van der Waals surface area (Å²) in [5, 5.41) is 1.34. The average Bonchev–Trinajstić information content (AvgIpc) is 3.28. The second kappa shape index (κ2) is 16.9. The van der Waals surface area contributed by atoms with Crippen molar-refractivity contribution in [3.05, 3.63) is 71.0 Å². The van der Waals surface area contributed by atoms with E-state index in [1.807, 2.05) is 0 Å². The summed E-state index contributed by atoms with van der Waals surface area (Å²) in [4.78, 5) is 2.39. The average molecular weight is 591 g/mol. The molecule has 1 aliphatic heterocycles. The van der Waals surface area contributed by atoms with Crippen LogP contribution < -0.4 is 13.9 Å². The third-order valence-electron chi connectivity index (χ3n) is 8.25. The van der Waals surface area contributed by atoms with E-state index in [0.717, 1.165) is 6.54 Å². The molecule has 0 saturated heterocycles. The first kappa shape index (κ1) is 29.9. The van der Waals surface area contributed by atoms with E-state index in [1.54, 1.807) is 0 Å². The predicted octanol–water partition coefficient (Wildman–Crippen LogP) is 9.17. The van der Waals surface area contributed by atoms with Crippen molar-refractivity contribution in [3.8, 4) is 0 Å². The van der Waals surface area contributed by atoms with Crippen molar-refractivity contribution >= 4 is 42.1 Å². The van der Waals surface area contributed by atoms with Gasteiger partial charge in [-0.3, -0.25) is 0 Å². The minimum atomic E-state index is 0.364. The van der Waals surface area contributed by atoms with Gasteiger partial charge in [-0.15, -0.1) is 0 Å². The summed E-state index contributed by atoms with van der Waals surface area (Å²) in [7, 11) is 2.22. The fraction of sp³-hybridized carbons (Fsp3) is 0.528. The zero-order valence-electron chi connectivity index (χ0n) is 24.7. The van der Waals surface area contributed by atoms with Crippen LogP contribution in [0, 0.1) is 0 Å². The molecule has 0 unspecified atom stereocenters. The molecular formula is C36H51N2Se+. The van der Waals surface area contributed by atoms with Crippen molar-refractivity contribution in [3.63, 3.8) is 0 Å². The number of hydrogen-bond donors (Lipinski definition) is 0. The van der Waals surface area contributed by atoms with Gasteiger partial charge in [0.25, 0.3) is 0 Å². The minimum absolute atomic E-state index is 0.364. The first-order chi connectivity index (χ1) is 19.3. The number of para-hydroxylation sites is 2. The number of aryl methyl sites for hydroxylation is 1. The summed E-state index contributed by atoms with van der Waals surface area (Å²) < 4.78 is 5.50. The number of benzene rings is 2. The van der Waals surface area contributed by atoms with Crippen molar-refractivity contribution in [2.24, 2.45) is 0 Å². The molecule has 210 valence electrons. The van der Waals surface area contributed by atoms with Gasteiger partial charge in [-0.05, 0) is 0 Å². The molecule has 2 aromatic carbocycles. The maximum atomic E-state index is 2.57. The van der Waals surface area contributed by atoms with Gasteiger partial charge in [0.1, 0.15) is 0 Å². The molecule has 2 nitrogen and oxygen atoms in total. The molecule has 1 aromatic heterocycles. The fourth-order valence-electron chi connectivity index (χ4n) is 5.85. The maximum absolute atomic E-state index is 2.57. The van der Waals surface area contributed by atoms with Crippen LogP contribution in [0.4, 0.5) is 5.69 Å². The number of anilines is 1. The Balaban J connectivity index is 1.18. The Morgan fingerprint density at radius 2 is 1.21 bits per heavy atom. The zero-order chi connectivity index (χ0) is 27.1. The summed E-state index contributed by atoms with van der Waals surface area (Å²) in [6.45, 7) is 3.40. The van der Waals surface area contributed by atoms with E-state index < -0.39 is 0 Å². The van der Waals surface area contributed by atoms with Crippen molar-refractivity contribution in [2.45, 2.75) is 116 Å². The van der Waals surface area contributed by atoms with Crippen LogP contribution in [-0.4, -0.2) is 22.0 Å². The van der Waals surface area contributed by atoms with E-state index in [-0.39, 0.29) is 0 Å². The van der Waals surface area contributed by atoms with Crippen molar-refractivity contribution in [1.29, 1.82) is 0 Å². The molecule has 2 heterocycles. The van der Waals surface area contributed by atoms with Crippen LogP contribution >= 0.6 is 0 Å². The van der Waals surface area contributed by atoms with Gasteiger partial charge in [-0.2, -0.15) is 0 Å². The number of rotatable bonds is 18. The SMILES string of the molecule is CCCCCCCCCCCCCCCCCC[n+]1c(/C=C2/[Se]c3ccccc3N2C)ccc2ccccc21. The van der Waals surface area contributed by atoms with Gasteiger partial charge in [0.15, 0.2) is 0 Å². The first-order valence-electron chi connectivity index (χ1n) is 15.9. The summed E-state index contributed by atoms with van der Waals surface area (Å²) >= 11 is 0.364. The summed E-state index contributed by atoms with van der Waals surface area (Å²) in [6, 6.07) is 22.4. The van der Waals surface area contributed by atoms with E-state index in [9.17, 15) is 0 Å². The Morgan fingerprint density at radius 3 is 1.85 bits per heavy atom. The number of fused-ring (bicyclic) bond motifs is 2. The van der Waals surface area contributed by atoms with Crippen LogP contribution in [-0.2, 0) is 6.54 Å². The van der Waals surface area contributed by atoms with Gasteiger partial charge < -0.3 is 0 Å². The van der Waals surface area contributed by atoms with Gasteiger partial charge in [0.05, 0.1) is 0 Å². The second-order valence-corrected chi connectivity index (χ2v) is 13.6. The number of aromatic nitrogens is 1. The Morgan fingerprint density at radius 1 is 0.641 bits per heavy atom. The van der Waals surface area contributed by atoms with Crippen LogP contribution in [0.15, 0.2) is 65.3 Å². The Kier molecular flexibility index (Phi) is 12.9. The molecule has 39 heavy (non-hydrogen) atoms. The third kappa shape index (κ3) is 9.22. The van der Waals surface area contributed by atoms with E-state index in [1.165, 1.54) is 134 Å². The van der Waals surface area contributed by atoms with E-state index in [4.69, 9.17) is 0 Å². The van der Waals surface area contributed by atoms with E-state index >= 15 is 0 Å². The van der Waals surface area contributed by atoms with Crippen LogP contribution in [0.1, 0.15) is 115 Å². The van der Waals surface area contributed by atoms with Gasteiger partial charge >= 0.3 is 181 Å². The number of pyridine rings is 1. The van der Waals surface area contributed by atoms with Crippen molar-refractivity contribution < 1.29 is 4.57 Å². The molecule has 0 atom stereocenters. The van der Waals surface area contributed by atoms with Gasteiger partial charge in [0.2, 0.25) is 0 Å². The summed E-state index contributed by atoms with van der Waals surface area (Å²) in [5.74, 6) is 0. The molecule has 0 bridgehead atoms. The molecule has 0 radical (unpaired) electrons. The van der Waals surface area contributed by atoms with E-state index in [0.29, 0.717) is 15.0 Å². The molecule has 0 amide bonds. The molecule has 3 aromatic rings. The normalized spacial score (nSPS) is 14.0. The molecule has 0 N–H and O–H groups in total. The monoisotopic (exact) mass is 591 g/mol. The molecule has 0 fully saturated rings. The van der Waals surface area contributed by atoms with Gasteiger partial charge in [-0.25, -0.2) is 0 Å². The molecule has 0 spiro atoms. The van der Waals surface area contributed by atoms with Crippen LogP contribution in [0.25, 0.3) is 17.0 Å². The third-order valence-corrected chi connectivity index (χ3v) is 10.7. The second-order valence-electron chi connectivity index (χ2n) is 11.4. The molecule has 0 aliphatic carbocycles. The zero-order valence-corrected chi connectivity index (χ0v) is 26.4. The van der Waals surface area contributed by atoms with Crippen molar-refractivity contribution in [1.82, 2.24) is 0 Å².